The van der Waals surface area contributed by atoms with Crippen molar-refractivity contribution in [3.8, 4) is 0 Å². The van der Waals surface area contributed by atoms with Gasteiger partial charge in [0.25, 0.3) is 0 Å². The number of benzene rings is 1. The van der Waals surface area contributed by atoms with Gasteiger partial charge in [0, 0.05) is 0 Å². The van der Waals surface area contributed by atoms with Crippen molar-refractivity contribution >= 4 is 11.9 Å². The average molecular weight is 405 g/mol. The van der Waals surface area contributed by atoms with Crippen LogP contribution in [0.1, 0.15) is 106 Å². The molecule has 0 saturated heterocycles. The summed E-state index contributed by atoms with van der Waals surface area (Å²) < 4.78 is 11.0. The Bertz CT molecular complexity index is 579. The molecule has 0 aliphatic carbocycles. The van der Waals surface area contributed by atoms with E-state index in [4.69, 9.17) is 9.47 Å². The topological polar surface area (TPSA) is 52.6 Å². The molecule has 0 spiro atoms. The van der Waals surface area contributed by atoms with E-state index in [-0.39, 0.29) is 11.9 Å². The summed E-state index contributed by atoms with van der Waals surface area (Å²) in [5.41, 5.74) is 0.942. The lowest BCUT2D eigenvalue weighted by Crippen LogP contribution is -2.15. The number of carbonyl (C=O) groups excluding carboxylic acids is 2. The van der Waals surface area contributed by atoms with E-state index in [0.29, 0.717) is 36.2 Å². The van der Waals surface area contributed by atoms with Gasteiger partial charge in [0.15, 0.2) is 0 Å². The Morgan fingerprint density at radius 2 is 1.10 bits per heavy atom. The molecule has 0 aliphatic heterocycles. The standard InChI is InChI=1S/C25H40O4/c1-5-9-11-13-21(8-4)19-29-25(27)23-16-14-22(15-17-23)24(26)28-18-20(7-3)12-10-6-2/h14-17,20-21H,5-13,18-19H2,1-4H3. The van der Waals surface area contributed by atoms with Crippen LogP contribution >= 0.6 is 0 Å². The third kappa shape index (κ3) is 9.96. The van der Waals surface area contributed by atoms with Gasteiger partial charge in [-0.3, -0.25) is 0 Å². The molecule has 0 N–H and O–H groups in total. The molecule has 0 saturated carbocycles. The third-order valence-electron chi connectivity index (χ3n) is 5.59. The van der Waals surface area contributed by atoms with Gasteiger partial charge in [-0.1, -0.05) is 72.6 Å². The molecule has 164 valence electrons. The van der Waals surface area contributed by atoms with Crippen LogP contribution in [-0.2, 0) is 9.47 Å². The van der Waals surface area contributed by atoms with E-state index in [1.165, 1.54) is 19.3 Å². The van der Waals surface area contributed by atoms with Crippen molar-refractivity contribution in [2.24, 2.45) is 11.8 Å². The fourth-order valence-electron chi connectivity index (χ4n) is 3.28. The van der Waals surface area contributed by atoms with Gasteiger partial charge in [-0.25, -0.2) is 9.59 Å². The van der Waals surface area contributed by atoms with Crippen molar-refractivity contribution in [3.63, 3.8) is 0 Å². The summed E-state index contributed by atoms with van der Waals surface area (Å²) in [6.07, 6.45) is 10.1. The smallest absolute Gasteiger partial charge is 0.338 e. The van der Waals surface area contributed by atoms with Crippen LogP contribution in [0.2, 0.25) is 0 Å². The molecule has 1 rings (SSSR count). The SMILES string of the molecule is CCCCCC(CC)COC(=O)c1ccc(C(=O)OCC(CC)CCCC)cc1. The first-order valence-electron chi connectivity index (χ1n) is 11.5. The summed E-state index contributed by atoms with van der Waals surface area (Å²) in [7, 11) is 0. The second-order valence-corrected chi connectivity index (χ2v) is 7.96. The fourth-order valence-corrected chi connectivity index (χ4v) is 3.28. The molecule has 4 nitrogen and oxygen atoms in total. The van der Waals surface area contributed by atoms with Crippen LogP contribution in [0.3, 0.4) is 0 Å². The van der Waals surface area contributed by atoms with Crippen LogP contribution in [-0.4, -0.2) is 25.2 Å². The van der Waals surface area contributed by atoms with Gasteiger partial charge in [0.1, 0.15) is 0 Å². The minimum atomic E-state index is -0.332. The Kier molecular flexibility index (Phi) is 13.1. The molecule has 0 heterocycles. The van der Waals surface area contributed by atoms with Crippen molar-refractivity contribution in [2.45, 2.75) is 85.5 Å². The minimum Gasteiger partial charge on any atom is -0.462 e. The molecule has 1 aromatic carbocycles. The second-order valence-electron chi connectivity index (χ2n) is 7.96. The van der Waals surface area contributed by atoms with Crippen LogP contribution < -0.4 is 0 Å². The Morgan fingerprint density at radius 3 is 1.48 bits per heavy atom. The number of unbranched alkanes of at least 4 members (excludes halogenated alkanes) is 3. The van der Waals surface area contributed by atoms with Crippen molar-refractivity contribution < 1.29 is 19.1 Å². The average Bonchev–Trinajstić information content (AvgIpc) is 2.76. The molecule has 2 atom stereocenters. The van der Waals surface area contributed by atoms with Gasteiger partial charge in [-0.2, -0.15) is 0 Å². The Balaban J connectivity index is 2.48. The highest BCUT2D eigenvalue weighted by molar-refractivity contribution is 5.93. The molecule has 0 aliphatic rings. The lowest BCUT2D eigenvalue weighted by atomic mass is 10.00. The van der Waals surface area contributed by atoms with Gasteiger partial charge in [0.05, 0.1) is 24.3 Å². The van der Waals surface area contributed by atoms with Crippen molar-refractivity contribution in [2.75, 3.05) is 13.2 Å². The molecular weight excluding hydrogens is 364 g/mol. The second kappa shape index (κ2) is 15.1. The third-order valence-corrected chi connectivity index (χ3v) is 5.59. The van der Waals surface area contributed by atoms with E-state index in [1.807, 2.05) is 0 Å². The van der Waals surface area contributed by atoms with Gasteiger partial charge in [0.2, 0.25) is 0 Å². The van der Waals surface area contributed by atoms with E-state index in [2.05, 4.69) is 27.7 Å². The van der Waals surface area contributed by atoms with E-state index in [0.717, 1.165) is 38.5 Å². The first-order valence-corrected chi connectivity index (χ1v) is 11.5. The maximum Gasteiger partial charge on any atom is 0.338 e. The van der Waals surface area contributed by atoms with Crippen LogP contribution in [0.15, 0.2) is 24.3 Å². The molecule has 4 heteroatoms. The summed E-state index contributed by atoms with van der Waals surface area (Å²) in [5.74, 6) is 0.169. The summed E-state index contributed by atoms with van der Waals surface area (Å²) in [5, 5.41) is 0. The zero-order valence-corrected chi connectivity index (χ0v) is 18.9. The quantitative estimate of drug-likeness (QED) is 0.238. The zero-order valence-electron chi connectivity index (χ0n) is 18.9. The maximum atomic E-state index is 12.3. The minimum absolute atomic E-state index is 0.329. The first kappa shape index (κ1) is 25.2. The van der Waals surface area contributed by atoms with Crippen LogP contribution in [0.5, 0.6) is 0 Å². The molecule has 2 unspecified atom stereocenters. The molecule has 0 bridgehead atoms. The highest BCUT2D eigenvalue weighted by Gasteiger charge is 2.15. The van der Waals surface area contributed by atoms with Gasteiger partial charge in [-0.15, -0.1) is 0 Å². The van der Waals surface area contributed by atoms with Crippen LogP contribution in [0, 0.1) is 11.8 Å². The number of hydrogen-bond acceptors (Lipinski definition) is 4. The van der Waals surface area contributed by atoms with Crippen molar-refractivity contribution in [1.82, 2.24) is 0 Å². The monoisotopic (exact) mass is 404 g/mol. The predicted molar refractivity (Wildman–Crippen MR) is 118 cm³/mol. The van der Waals surface area contributed by atoms with E-state index >= 15 is 0 Å². The normalized spacial score (nSPS) is 13.0. The summed E-state index contributed by atoms with van der Waals surface area (Å²) in [6, 6.07) is 6.58. The predicted octanol–water partition coefficient (Wildman–Crippen LogP) is 6.82. The fraction of sp³-hybridized carbons (Fsp3) is 0.680. The number of ether oxygens (including phenoxy) is 2. The first-order chi connectivity index (χ1) is 14.0. The largest absolute Gasteiger partial charge is 0.462 e. The Hall–Kier alpha value is -1.84. The summed E-state index contributed by atoms with van der Waals surface area (Å²) >= 11 is 0. The Labute approximate surface area is 177 Å². The van der Waals surface area contributed by atoms with Gasteiger partial charge < -0.3 is 9.47 Å². The molecule has 0 aromatic heterocycles. The van der Waals surface area contributed by atoms with Crippen molar-refractivity contribution in [1.29, 1.82) is 0 Å². The summed E-state index contributed by atoms with van der Waals surface area (Å²) in [4.78, 5) is 24.6. The van der Waals surface area contributed by atoms with E-state index in [1.54, 1.807) is 24.3 Å². The molecular formula is C25H40O4. The summed E-state index contributed by atoms with van der Waals surface area (Å²) in [6.45, 7) is 9.53. The highest BCUT2D eigenvalue weighted by atomic mass is 16.5. The van der Waals surface area contributed by atoms with E-state index < -0.39 is 0 Å². The van der Waals surface area contributed by atoms with Crippen molar-refractivity contribution in [3.05, 3.63) is 35.4 Å². The number of esters is 2. The van der Waals surface area contributed by atoms with Crippen LogP contribution in [0.25, 0.3) is 0 Å². The van der Waals surface area contributed by atoms with Crippen LogP contribution in [0.4, 0.5) is 0 Å². The molecule has 0 fully saturated rings. The number of hydrogen-bond donors (Lipinski definition) is 0. The van der Waals surface area contributed by atoms with Gasteiger partial charge >= 0.3 is 11.9 Å². The molecule has 0 radical (unpaired) electrons. The number of carbonyl (C=O) groups is 2. The molecule has 1 aromatic rings. The highest BCUT2D eigenvalue weighted by Crippen LogP contribution is 2.16. The lowest BCUT2D eigenvalue weighted by molar-refractivity contribution is 0.0414. The number of rotatable bonds is 15. The lowest BCUT2D eigenvalue weighted by Gasteiger charge is -2.15. The Morgan fingerprint density at radius 1 is 0.690 bits per heavy atom. The zero-order chi connectivity index (χ0) is 21.5. The maximum absolute atomic E-state index is 12.3. The van der Waals surface area contributed by atoms with E-state index in [9.17, 15) is 9.59 Å². The molecule has 29 heavy (non-hydrogen) atoms. The molecule has 0 amide bonds. The van der Waals surface area contributed by atoms with Gasteiger partial charge in [-0.05, 0) is 48.9 Å².